The number of nitrogens with zero attached hydrogens (tertiary/aromatic N) is 2. The summed E-state index contributed by atoms with van der Waals surface area (Å²) in [4.78, 5) is 15.4. The molecule has 1 atom stereocenters. The predicted molar refractivity (Wildman–Crippen MR) is 61.2 cm³/mol. The molecular formula is C11H22N2O3. The zero-order valence-electron chi connectivity index (χ0n) is 10.4. The van der Waals surface area contributed by atoms with E-state index in [1.165, 1.54) is 0 Å². The van der Waals surface area contributed by atoms with E-state index in [9.17, 15) is 9.90 Å². The van der Waals surface area contributed by atoms with Crippen LogP contribution in [0.2, 0.25) is 0 Å². The van der Waals surface area contributed by atoms with Gasteiger partial charge in [0.1, 0.15) is 0 Å². The topological polar surface area (TPSA) is 53.0 Å². The highest BCUT2D eigenvalue weighted by molar-refractivity contribution is 5.76. The SMILES string of the molecule is COCCC(=O)N1CCC(O)(CN(C)C)C1. The van der Waals surface area contributed by atoms with Gasteiger partial charge >= 0.3 is 0 Å². The Morgan fingerprint density at radius 2 is 2.25 bits per heavy atom. The molecule has 5 nitrogen and oxygen atoms in total. The van der Waals surface area contributed by atoms with Gasteiger partial charge in [0.15, 0.2) is 0 Å². The van der Waals surface area contributed by atoms with Crippen LogP contribution in [0.5, 0.6) is 0 Å². The van der Waals surface area contributed by atoms with Crippen LogP contribution in [-0.2, 0) is 9.53 Å². The summed E-state index contributed by atoms with van der Waals surface area (Å²) in [6.45, 7) is 2.13. The van der Waals surface area contributed by atoms with Gasteiger partial charge in [0, 0.05) is 20.2 Å². The Hall–Kier alpha value is -0.650. The van der Waals surface area contributed by atoms with Crippen molar-refractivity contribution >= 4 is 5.91 Å². The first-order valence-electron chi connectivity index (χ1n) is 5.61. The highest BCUT2D eigenvalue weighted by Crippen LogP contribution is 2.22. The molecule has 1 heterocycles. The third kappa shape index (κ3) is 3.73. The average Bonchev–Trinajstić information content (AvgIpc) is 2.55. The van der Waals surface area contributed by atoms with Gasteiger partial charge in [-0.25, -0.2) is 0 Å². The predicted octanol–water partition coefficient (Wildman–Crippen LogP) is -0.452. The van der Waals surface area contributed by atoms with Crippen molar-refractivity contribution in [2.24, 2.45) is 0 Å². The van der Waals surface area contributed by atoms with Crippen molar-refractivity contribution < 1.29 is 14.6 Å². The second kappa shape index (κ2) is 5.61. The van der Waals surface area contributed by atoms with E-state index in [0.717, 1.165) is 0 Å². The van der Waals surface area contributed by atoms with Crippen LogP contribution in [0.25, 0.3) is 0 Å². The van der Waals surface area contributed by atoms with Gasteiger partial charge in [-0.05, 0) is 20.5 Å². The lowest BCUT2D eigenvalue weighted by atomic mass is 10.0. The molecule has 0 aromatic rings. The summed E-state index contributed by atoms with van der Waals surface area (Å²) in [5, 5.41) is 10.2. The van der Waals surface area contributed by atoms with Gasteiger partial charge in [0.05, 0.1) is 25.2 Å². The van der Waals surface area contributed by atoms with E-state index in [1.807, 2.05) is 19.0 Å². The van der Waals surface area contributed by atoms with E-state index in [1.54, 1.807) is 12.0 Å². The van der Waals surface area contributed by atoms with Crippen LogP contribution < -0.4 is 0 Å². The largest absolute Gasteiger partial charge is 0.387 e. The molecule has 1 aliphatic heterocycles. The maximum atomic E-state index is 11.7. The zero-order valence-corrected chi connectivity index (χ0v) is 10.4. The van der Waals surface area contributed by atoms with Crippen molar-refractivity contribution in [2.45, 2.75) is 18.4 Å². The van der Waals surface area contributed by atoms with Crippen molar-refractivity contribution in [3.05, 3.63) is 0 Å². The number of methoxy groups -OCH3 is 1. The first-order chi connectivity index (χ1) is 7.47. The van der Waals surface area contributed by atoms with Crippen LogP contribution in [0.1, 0.15) is 12.8 Å². The first kappa shape index (κ1) is 13.4. The molecular weight excluding hydrogens is 208 g/mol. The van der Waals surface area contributed by atoms with E-state index in [-0.39, 0.29) is 5.91 Å². The number of hydrogen-bond acceptors (Lipinski definition) is 4. The molecule has 1 fully saturated rings. The average molecular weight is 230 g/mol. The Labute approximate surface area is 97.0 Å². The van der Waals surface area contributed by atoms with Crippen molar-refractivity contribution in [3.63, 3.8) is 0 Å². The standard InChI is InChI=1S/C11H22N2O3/c1-12(2)8-11(15)5-6-13(9-11)10(14)4-7-16-3/h15H,4-9H2,1-3H3. The number of likely N-dealkylation sites (N-methyl/N-ethyl adjacent to an activating group) is 1. The number of hydrogen-bond donors (Lipinski definition) is 1. The van der Waals surface area contributed by atoms with Crippen LogP contribution in [-0.4, -0.2) is 73.9 Å². The molecule has 16 heavy (non-hydrogen) atoms. The molecule has 0 radical (unpaired) electrons. The fourth-order valence-electron chi connectivity index (χ4n) is 2.13. The molecule has 1 rings (SSSR count). The lowest BCUT2D eigenvalue weighted by Crippen LogP contribution is -2.43. The summed E-state index contributed by atoms with van der Waals surface area (Å²) in [7, 11) is 5.43. The van der Waals surface area contributed by atoms with E-state index in [2.05, 4.69) is 0 Å². The summed E-state index contributed by atoms with van der Waals surface area (Å²) >= 11 is 0. The molecule has 0 saturated carbocycles. The quantitative estimate of drug-likeness (QED) is 0.695. The zero-order chi connectivity index (χ0) is 12.2. The smallest absolute Gasteiger partial charge is 0.224 e. The van der Waals surface area contributed by atoms with Crippen LogP contribution in [0.15, 0.2) is 0 Å². The number of carbonyl (C=O) groups is 1. The van der Waals surface area contributed by atoms with Crippen molar-refractivity contribution in [1.29, 1.82) is 0 Å². The molecule has 0 spiro atoms. The summed E-state index contributed by atoms with van der Waals surface area (Å²) in [5.74, 6) is 0.0662. The number of β-amino-alcohol motifs (C(OH)–C–C–N with tert-alkyl or cyclic N) is 1. The Morgan fingerprint density at radius 1 is 1.56 bits per heavy atom. The number of rotatable bonds is 5. The molecule has 0 aromatic heterocycles. The molecule has 0 aromatic carbocycles. The van der Waals surface area contributed by atoms with Gasteiger partial charge < -0.3 is 19.6 Å². The van der Waals surface area contributed by atoms with Crippen LogP contribution in [0.4, 0.5) is 0 Å². The van der Waals surface area contributed by atoms with E-state index >= 15 is 0 Å². The fourth-order valence-corrected chi connectivity index (χ4v) is 2.13. The van der Waals surface area contributed by atoms with Crippen molar-refractivity contribution in [1.82, 2.24) is 9.80 Å². The normalized spacial score (nSPS) is 25.4. The minimum atomic E-state index is -0.744. The Bertz CT molecular complexity index is 245. The minimum absolute atomic E-state index is 0.0662. The van der Waals surface area contributed by atoms with Crippen LogP contribution >= 0.6 is 0 Å². The highest BCUT2D eigenvalue weighted by atomic mass is 16.5. The number of ether oxygens (including phenoxy) is 1. The van der Waals surface area contributed by atoms with Gasteiger partial charge in [-0.2, -0.15) is 0 Å². The third-order valence-corrected chi connectivity index (χ3v) is 2.82. The van der Waals surface area contributed by atoms with Crippen LogP contribution in [0.3, 0.4) is 0 Å². The number of likely N-dealkylation sites (tertiary alicyclic amines) is 1. The molecule has 5 heteroatoms. The molecule has 1 saturated heterocycles. The summed E-state index contributed by atoms with van der Waals surface area (Å²) < 4.78 is 4.87. The Kier molecular flexibility index (Phi) is 4.70. The third-order valence-electron chi connectivity index (χ3n) is 2.82. The molecule has 1 aliphatic rings. The Balaban J connectivity index is 2.42. The van der Waals surface area contributed by atoms with Gasteiger partial charge in [-0.1, -0.05) is 0 Å². The minimum Gasteiger partial charge on any atom is -0.387 e. The van der Waals surface area contributed by atoms with Gasteiger partial charge in [0.2, 0.25) is 5.91 Å². The molecule has 1 amide bonds. The lowest BCUT2D eigenvalue weighted by Gasteiger charge is -2.26. The highest BCUT2D eigenvalue weighted by Gasteiger charge is 2.38. The number of amides is 1. The first-order valence-corrected chi connectivity index (χ1v) is 5.61. The number of aliphatic hydroxyl groups is 1. The van der Waals surface area contributed by atoms with Gasteiger partial charge in [-0.3, -0.25) is 4.79 Å². The lowest BCUT2D eigenvalue weighted by molar-refractivity contribution is -0.132. The molecule has 1 N–H and O–H groups in total. The van der Waals surface area contributed by atoms with Crippen molar-refractivity contribution in [2.75, 3.05) is 47.4 Å². The summed E-state index contributed by atoms with van der Waals surface area (Å²) in [5.41, 5.74) is -0.744. The van der Waals surface area contributed by atoms with Gasteiger partial charge in [-0.15, -0.1) is 0 Å². The monoisotopic (exact) mass is 230 g/mol. The molecule has 94 valence electrons. The van der Waals surface area contributed by atoms with E-state index < -0.39 is 5.60 Å². The van der Waals surface area contributed by atoms with E-state index in [0.29, 0.717) is 39.1 Å². The molecule has 0 bridgehead atoms. The van der Waals surface area contributed by atoms with Gasteiger partial charge in [0.25, 0.3) is 0 Å². The Morgan fingerprint density at radius 3 is 2.81 bits per heavy atom. The fraction of sp³-hybridized carbons (Fsp3) is 0.909. The second-order valence-corrected chi connectivity index (χ2v) is 4.77. The maximum Gasteiger partial charge on any atom is 0.224 e. The second-order valence-electron chi connectivity index (χ2n) is 4.77. The van der Waals surface area contributed by atoms with E-state index in [4.69, 9.17) is 4.74 Å². The summed E-state index contributed by atoms with van der Waals surface area (Å²) in [6, 6.07) is 0. The molecule has 0 aliphatic carbocycles. The number of carbonyl (C=O) groups excluding carboxylic acids is 1. The summed E-state index contributed by atoms with van der Waals surface area (Å²) in [6.07, 6.45) is 1.05. The van der Waals surface area contributed by atoms with Crippen LogP contribution in [0, 0.1) is 0 Å². The van der Waals surface area contributed by atoms with Crippen molar-refractivity contribution in [3.8, 4) is 0 Å². The molecule has 1 unspecified atom stereocenters. The maximum absolute atomic E-state index is 11.7.